The van der Waals surface area contributed by atoms with Crippen LogP contribution in [0.4, 0.5) is 38.0 Å². The van der Waals surface area contributed by atoms with Gasteiger partial charge >= 0.3 is 12.4 Å². The van der Waals surface area contributed by atoms with E-state index in [4.69, 9.17) is 23.2 Å². The summed E-state index contributed by atoms with van der Waals surface area (Å²) < 4.78 is 77.7. The molecule has 322 valence electrons. The first kappa shape index (κ1) is 47.1. The molecule has 1 unspecified atom stereocenters. The van der Waals surface area contributed by atoms with Gasteiger partial charge in [-0.15, -0.1) is 22.7 Å². The predicted molar refractivity (Wildman–Crippen MR) is 224 cm³/mol. The third-order valence-electron chi connectivity index (χ3n) is 8.18. The van der Waals surface area contributed by atoms with E-state index in [1.165, 1.54) is 12.4 Å². The van der Waals surface area contributed by atoms with Crippen molar-refractivity contribution in [1.82, 2.24) is 25.3 Å². The van der Waals surface area contributed by atoms with E-state index in [0.29, 0.717) is 39.0 Å². The summed E-state index contributed by atoms with van der Waals surface area (Å²) in [5, 5.41) is 7.47. The Labute approximate surface area is 366 Å². The number of alkyl halides is 6. The van der Waals surface area contributed by atoms with Crippen LogP contribution in [0.2, 0.25) is 10.0 Å². The van der Waals surface area contributed by atoms with Crippen LogP contribution in [0.15, 0.2) is 103 Å². The molecule has 0 aliphatic heterocycles. The molecular weight excluding hydrogens is 906 g/mol. The molecule has 0 aliphatic carbocycles. The van der Waals surface area contributed by atoms with Crippen LogP contribution < -0.4 is 16.0 Å². The fourth-order valence-electron chi connectivity index (χ4n) is 4.98. The quantitative estimate of drug-likeness (QED) is 0.0580. The van der Waals surface area contributed by atoms with Gasteiger partial charge in [-0.05, 0) is 26.0 Å². The van der Waals surface area contributed by atoms with E-state index in [1.54, 1.807) is 68.4 Å². The van der Waals surface area contributed by atoms with Crippen LogP contribution in [-0.4, -0.2) is 62.1 Å². The van der Waals surface area contributed by atoms with E-state index in [9.17, 15) is 45.5 Å². The fraction of sp³-hybridized carbons (Fsp3) is 0.175. The lowest BCUT2D eigenvalue weighted by molar-refractivity contribution is -0.138. The largest absolute Gasteiger partial charge is 0.418 e. The Morgan fingerprint density at radius 2 is 1.15 bits per heavy atom. The Morgan fingerprint density at radius 1 is 0.677 bits per heavy atom. The molecule has 0 saturated heterocycles. The highest BCUT2D eigenvalue weighted by Crippen LogP contribution is 2.36. The lowest BCUT2D eigenvalue weighted by atomic mass is 10.1. The van der Waals surface area contributed by atoms with Gasteiger partial charge in [0, 0.05) is 23.5 Å². The van der Waals surface area contributed by atoms with Crippen molar-refractivity contribution in [3.05, 3.63) is 150 Å². The van der Waals surface area contributed by atoms with Gasteiger partial charge in [-0.1, -0.05) is 83.9 Å². The standard InChI is InChI=1S/C20H16ClF3N4O2S.C20H14ClF3N4O2S/c2*1-11(25-9-15(29)12-5-3-2-4-6-12)19-27-10-16(31-19)18(30)28-17-7-13(20(22,23)24)14(21)8-26-17/h2-8,10-11,25H,9H2,1H3,(H,26,28,30);2-8,10H,9H2,1H3,(H,26,28,30). The number of aromatic nitrogens is 4. The van der Waals surface area contributed by atoms with E-state index in [0.717, 1.165) is 35.1 Å². The topological polar surface area (TPSA) is 168 Å². The molecule has 12 nitrogen and oxygen atoms in total. The van der Waals surface area contributed by atoms with E-state index < -0.39 is 45.3 Å². The van der Waals surface area contributed by atoms with Crippen LogP contribution in [0.3, 0.4) is 0 Å². The molecule has 3 N–H and O–H groups in total. The Bertz CT molecular complexity index is 2590. The molecule has 2 aromatic carbocycles. The molecule has 22 heteroatoms. The lowest BCUT2D eigenvalue weighted by Crippen LogP contribution is -2.25. The molecule has 6 rings (SSSR count). The molecular formula is C40H30Cl2F6N8O4S2. The Morgan fingerprint density at radius 3 is 1.65 bits per heavy atom. The number of aliphatic imine (C=N–C) groups is 1. The van der Waals surface area contributed by atoms with Crippen LogP contribution in [0.1, 0.15) is 81.1 Å². The number of ketones is 2. The fourth-order valence-corrected chi connectivity index (χ4v) is 7.01. The van der Waals surface area contributed by atoms with Gasteiger partial charge in [0.25, 0.3) is 11.8 Å². The van der Waals surface area contributed by atoms with Crippen molar-refractivity contribution < 1.29 is 45.5 Å². The first-order valence-electron chi connectivity index (χ1n) is 17.7. The van der Waals surface area contributed by atoms with Crippen molar-refractivity contribution in [2.45, 2.75) is 32.2 Å². The number of halogens is 8. The number of hydrogen-bond acceptors (Lipinski definition) is 12. The van der Waals surface area contributed by atoms with Gasteiger partial charge in [0.15, 0.2) is 11.6 Å². The van der Waals surface area contributed by atoms with E-state index in [-0.39, 0.29) is 52.1 Å². The van der Waals surface area contributed by atoms with Crippen LogP contribution in [-0.2, 0) is 12.4 Å². The number of carbonyl (C=O) groups is 4. The maximum Gasteiger partial charge on any atom is 0.418 e. The zero-order valence-electron chi connectivity index (χ0n) is 31.9. The number of anilines is 2. The summed E-state index contributed by atoms with van der Waals surface area (Å²) in [6.07, 6.45) is -5.12. The van der Waals surface area contributed by atoms with Crippen LogP contribution in [0.5, 0.6) is 0 Å². The molecule has 62 heavy (non-hydrogen) atoms. The lowest BCUT2D eigenvalue weighted by Gasteiger charge is -2.11. The van der Waals surface area contributed by atoms with E-state index >= 15 is 0 Å². The summed E-state index contributed by atoms with van der Waals surface area (Å²) in [6.45, 7) is 3.44. The summed E-state index contributed by atoms with van der Waals surface area (Å²) in [5.74, 6) is -2.16. The van der Waals surface area contributed by atoms with Gasteiger partial charge < -0.3 is 16.0 Å². The zero-order chi connectivity index (χ0) is 45.2. The van der Waals surface area contributed by atoms with Gasteiger partial charge in [0.05, 0.1) is 51.9 Å². The van der Waals surface area contributed by atoms with Crippen molar-refractivity contribution in [3.8, 4) is 0 Å². The van der Waals surface area contributed by atoms with Crippen LogP contribution in [0, 0.1) is 0 Å². The van der Waals surface area contributed by atoms with Gasteiger partial charge in [0.2, 0.25) is 0 Å². The monoisotopic (exact) mass is 934 g/mol. The number of thiazole rings is 2. The number of nitrogens with zero attached hydrogens (tertiary/aromatic N) is 5. The Kier molecular flexibility index (Phi) is 15.8. The number of amides is 2. The minimum atomic E-state index is -4.68. The van der Waals surface area contributed by atoms with Crippen molar-refractivity contribution >= 4 is 86.6 Å². The highest BCUT2D eigenvalue weighted by Gasteiger charge is 2.35. The van der Waals surface area contributed by atoms with Crippen molar-refractivity contribution in [3.63, 3.8) is 0 Å². The first-order valence-corrected chi connectivity index (χ1v) is 20.1. The summed E-state index contributed by atoms with van der Waals surface area (Å²) in [6, 6.07) is 18.5. The summed E-state index contributed by atoms with van der Waals surface area (Å²) in [7, 11) is 0. The Balaban J connectivity index is 0.000000234. The second kappa shape index (κ2) is 20.8. The molecule has 0 radical (unpaired) electrons. The zero-order valence-corrected chi connectivity index (χ0v) is 35.1. The van der Waals surface area contributed by atoms with Crippen molar-refractivity contribution in [1.29, 1.82) is 0 Å². The highest BCUT2D eigenvalue weighted by atomic mass is 35.5. The molecule has 1 atom stereocenters. The minimum Gasteiger partial charge on any atom is -0.306 e. The number of hydrogen-bond donors (Lipinski definition) is 3. The average Bonchev–Trinajstić information content (AvgIpc) is 3.95. The maximum atomic E-state index is 13.0. The molecule has 4 aromatic heterocycles. The third kappa shape index (κ3) is 13.0. The summed E-state index contributed by atoms with van der Waals surface area (Å²) >= 11 is 13.1. The molecule has 4 heterocycles. The predicted octanol–water partition coefficient (Wildman–Crippen LogP) is 10.2. The number of Topliss-reactive ketones (excluding diaryl/α,β-unsaturated/α-hetero) is 2. The minimum absolute atomic E-state index is 0.0775. The molecule has 0 fully saturated rings. The molecule has 0 bridgehead atoms. The van der Waals surface area contributed by atoms with Crippen molar-refractivity contribution in [2.24, 2.45) is 4.99 Å². The second-order valence-corrected chi connectivity index (χ2v) is 15.6. The number of carbonyl (C=O) groups excluding carboxylic acids is 4. The number of benzene rings is 2. The summed E-state index contributed by atoms with van der Waals surface area (Å²) in [4.78, 5) is 69.2. The smallest absolute Gasteiger partial charge is 0.306 e. The average molecular weight is 936 g/mol. The SMILES string of the molecule is CC(=NCC(=O)c1ccccc1)c1ncc(C(=O)Nc2cc(C(F)(F)F)c(Cl)cn2)s1.CC(NCC(=O)c1ccccc1)c1ncc(C(=O)Nc2cc(C(F)(F)F)c(Cl)cn2)s1. The van der Waals surface area contributed by atoms with Gasteiger partial charge in [-0.2, -0.15) is 26.3 Å². The van der Waals surface area contributed by atoms with E-state index in [2.05, 4.69) is 40.9 Å². The normalized spacial score (nSPS) is 12.2. The third-order valence-corrected chi connectivity index (χ3v) is 11.1. The maximum absolute atomic E-state index is 13.0. The summed E-state index contributed by atoms with van der Waals surface area (Å²) in [5.41, 5.74) is -0.625. The van der Waals surface area contributed by atoms with Gasteiger partial charge in [-0.3, -0.25) is 24.2 Å². The van der Waals surface area contributed by atoms with Crippen LogP contribution >= 0.6 is 45.9 Å². The highest BCUT2D eigenvalue weighted by molar-refractivity contribution is 7.15. The van der Waals surface area contributed by atoms with Crippen LogP contribution in [0.25, 0.3) is 0 Å². The van der Waals surface area contributed by atoms with Crippen molar-refractivity contribution in [2.75, 3.05) is 23.7 Å². The number of rotatable bonds is 13. The number of nitrogens with one attached hydrogen (secondary N) is 3. The molecule has 2 amide bonds. The first-order chi connectivity index (χ1) is 29.3. The number of pyridine rings is 2. The van der Waals surface area contributed by atoms with Gasteiger partial charge in [0.1, 0.15) is 38.0 Å². The Hall–Kier alpha value is -5.93. The second-order valence-electron chi connectivity index (χ2n) is 12.7. The molecule has 0 aliphatic rings. The van der Waals surface area contributed by atoms with E-state index in [1.807, 2.05) is 6.07 Å². The molecule has 0 spiro atoms. The molecule has 6 aromatic rings. The molecule has 0 saturated carbocycles. The van der Waals surface area contributed by atoms with Gasteiger partial charge in [-0.25, -0.2) is 19.9 Å².